The summed E-state index contributed by atoms with van der Waals surface area (Å²) >= 11 is 6.40. The molecule has 1 atom stereocenters. The number of benzene rings is 2. The van der Waals surface area contributed by atoms with E-state index in [1.165, 1.54) is 17.1 Å². The Morgan fingerprint density at radius 1 is 1.07 bits per heavy atom. The van der Waals surface area contributed by atoms with Crippen molar-refractivity contribution in [2.24, 2.45) is 15.9 Å². The first kappa shape index (κ1) is 17.8. The maximum Gasteiger partial charge on any atom is 0.450 e. The lowest BCUT2D eigenvalue weighted by atomic mass is 10.0. The summed E-state index contributed by atoms with van der Waals surface area (Å²) in [5.41, 5.74) is 1.86. The monoisotopic (exact) mass is 389 g/mol. The minimum Gasteiger partial charge on any atom is -0.254 e. The Labute approximate surface area is 166 Å². The number of aliphatic imine (C=N–C) groups is 2. The van der Waals surface area contributed by atoms with E-state index in [0.717, 1.165) is 10.5 Å². The molecule has 0 N–H and O–H groups in total. The molecule has 6 nitrogen and oxygen atoms in total. The zero-order chi connectivity index (χ0) is 19.7. The van der Waals surface area contributed by atoms with Gasteiger partial charge in [0.2, 0.25) is 0 Å². The summed E-state index contributed by atoms with van der Waals surface area (Å²) in [7, 11) is 1.56. The summed E-state index contributed by atoms with van der Waals surface area (Å²) in [6.45, 7) is 0. The number of urea groups is 1. The number of imide groups is 1. The van der Waals surface area contributed by atoms with E-state index in [4.69, 9.17) is 11.6 Å². The van der Waals surface area contributed by atoms with Gasteiger partial charge >= 0.3 is 11.9 Å². The molecule has 4 rings (SSSR count). The highest BCUT2D eigenvalue weighted by Crippen LogP contribution is 2.30. The van der Waals surface area contributed by atoms with Crippen LogP contribution in [0.25, 0.3) is 0 Å². The van der Waals surface area contributed by atoms with E-state index in [1.54, 1.807) is 25.2 Å². The molecule has 3 amide bonds. The molecule has 0 aromatic heterocycles. The zero-order valence-electron chi connectivity index (χ0n) is 14.8. The Morgan fingerprint density at radius 3 is 2.57 bits per heavy atom. The molecule has 2 aliphatic rings. The number of fused-ring (bicyclic) bond motifs is 1. The van der Waals surface area contributed by atoms with Crippen LogP contribution >= 0.6 is 11.6 Å². The van der Waals surface area contributed by atoms with Crippen LogP contribution in [0.4, 0.5) is 10.5 Å². The molecular formula is C21H14ClN4O2+. The number of halogens is 1. The van der Waals surface area contributed by atoms with Crippen molar-refractivity contribution in [2.75, 3.05) is 11.9 Å². The van der Waals surface area contributed by atoms with E-state index in [9.17, 15) is 9.59 Å². The van der Waals surface area contributed by atoms with Crippen LogP contribution in [0.5, 0.6) is 0 Å². The van der Waals surface area contributed by atoms with Crippen LogP contribution in [-0.2, 0) is 4.79 Å². The third kappa shape index (κ3) is 3.13. The number of rotatable bonds is 1. The van der Waals surface area contributed by atoms with Crippen molar-refractivity contribution >= 4 is 47.6 Å². The molecule has 2 aromatic carbocycles. The van der Waals surface area contributed by atoms with Crippen LogP contribution in [0.15, 0.2) is 58.5 Å². The Morgan fingerprint density at radius 2 is 1.82 bits per heavy atom. The topological polar surface area (TPSA) is 65.1 Å². The van der Waals surface area contributed by atoms with E-state index in [2.05, 4.69) is 21.8 Å². The van der Waals surface area contributed by atoms with Gasteiger partial charge in [0, 0.05) is 17.3 Å². The van der Waals surface area contributed by atoms with Crippen LogP contribution in [-0.4, -0.2) is 42.0 Å². The smallest absolute Gasteiger partial charge is 0.254 e. The Balaban J connectivity index is 1.69. The van der Waals surface area contributed by atoms with E-state index in [1.807, 2.05) is 30.3 Å². The minimum absolute atomic E-state index is 0.259. The van der Waals surface area contributed by atoms with Gasteiger partial charge in [-0.05, 0) is 30.3 Å². The van der Waals surface area contributed by atoms with Crippen molar-refractivity contribution in [3.63, 3.8) is 0 Å². The minimum atomic E-state index is -0.721. The molecule has 0 spiro atoms. The molecule has 0 fully saturated rings. The molecular weight excluding hydrogens is 376 g/mol. The van der Waals surface area contributed by atoms with Crippen molar-refractivity contribution in [3.05, 3.63) is 64.7 Å². The number of hydrogen-bond acceptors (Lipinski definition) is 4. The molecule has 0 aliphatic carbocycles. The molecule has 0 bridgehead atoms. The van der Waals surface area contributed by atoms with Gasteiger partial charge in [0.05, 0.1) is 12.1 Å². The highest BCUT2D eigenvalue weighted by atomic mass is 35.5. The third-order valence-electron chi connectivity index (χ3n) is 4.39. The quantitative estimate of drug-likeness (QED) is 0.556. The van der Waals surface area contributed by atoms with Gasteiger partial charge in [0.25, 0.3) is 5.84 Å². The number of amidine groups is 1. The Hall–Kier alpha value is -3.56. The largest absolute Gasteiger partial charge is 0.450 e. The van der Waals surface area contributed by atoms with Gasteiger partial charge in [0.15, 0.2) is 12.3 Å². The summed E-state index contributed by atoms with van der Waals surface area (Å²) in [4.78, 5) is 34.6. The fraction of sp³-hybridized carbons (Fsp3) is 0.0952. The van der Waals surface area contributed by atoms with Crippen molar-refractivity contribution in [1.82, 2.24) is 0 Å². The lowest BCUT2D eigenvalue weighted by Crippen LogP contribution is -2.54. The van der Waals surface area contributed by atoms with Gasteiger partial charge in [-0.25, -0.2) is 9.79 Å². The SMILES string of the molecule is C[N+]1=C2N=CN=CC2C(=O)N(c2ccc(C#Cc3ccccc3)cc2Cl)C1=O. The van der Waals surface area contributed by atoms with Gasteiger partial charge in [0.1, 0.15) is 5.69 Å². The molecule has 0 saturated heterocycles. The number of hydrogen-bond donors (Lipinski definition) is 0. The molecule has 2 aromatic rings. The molecule has 28 heavy (non-hydrogen) atoms. The first-order valence-electron chi connectivity index (χ1n) is 8.47. The molecule has 2 heterocycles. The van der Waals surface area contributed by atoms with Crippen LogP contribution in [0.2, 0.25) is 5.02 Å². The highest BCUT2D eigenvalue weighted by Gasteiger charge is 2.47. The number of nitrogens with zero attached hydrogens (tertiary/aromatic N) is 4. The average Bonchev–Trinajstić information content (AvgIpc) is 2.73. The summed E-state index contributed by atoms with van der Waals surface area (Å²) in [6.07, 6.45) is 2.78. The maximum absolute atomic E-state index is 12.9. The summed E-state index contributed by atoms with van der Waals surface area (Å²) in [5, 5.41) is 0.259. The normalized spacial score (nSPS) is 18.1. The van der Waals surface area contributed by atoms with Crippen molar-refractivity contribution in [1.29, 1.82) is 0 Å². The number of carbonyl (C=O) groups is 2. The summed E-state index contributed by atoms with van der Waals surface area (Å²) in [5.74, 6) is 5.27. The van der Waals surface area contributed by atoms with Gasteiger partial charge in [-0.2, -0.15) is 9.48 Å². The van der Waals surface area contributed by atoms with Crippen LogP contribution in [0.3, 0.4) is 0 Å². The Kier molecular flexibility index (Phi) is 4.60. The molecule has 136 valence electrons. The number of anilines is 1. The lowest BCUT2D eigenvalue weighted by Gasteiger charge is -2.25. The van der Waals surface area contributed by atoms with E-state index >= 15 is 0 Å². The molecule has 0 saturated carbocycles. The van der Waals surface area contributed by atoms with E-state index in [0.29, 0.717) is 17.1 Å². The zero-order valence-corrected chi connectivity index (χ0v) is 15.6. The van der Waals surface area contributed by atoms with Crippen molar-refractivity contribution < 1.29 is 14.2 Å². The number of carbonyl (C=O) groups excluding carboxylic acids is 2. The van der Waals surface area contributed by atoms with Crippen LogP contribution in [0.1, 0.15) is 11.1 Å². The average molecular weight is 390 g/mol. The third-order valence-corrected chi connectivity index (χ3v) is 4.69. The van der Waals surface area contributed by atoms with Crippen molar-refractivity contribution in [2.45, 2.75) is 0 Å². The van der Waals surface area contributed by atoms with E-state index < -0.39 is 17.9 Å². The van der Waals surface area contributed by atoms with Gasteiger partial charge in [-0.15, -0.1) is 0 Å². The second kappa shape index (κ2) is 7.22. The van der Waals surface area contributed by atoms with Crippen LogP contribution < -0.4 is 4.90 Å². The highest BCUT2D eigenvalue weighted by molar-refractivity contribution is 6.37. The molecule has 1 unspecified atom stereocenters. The summed E-state index contributed by atoms with van der Waals surface area (Å²) in [6, 6.07) is 14.0. The maximum atomic E-state index is 12.9. The van der Waals surface area contributed by atoms with E-state index in [-0.39, 0.29) is 5.02 Å². The fourth-order valence-corrected chi connectivity index (χ4v) is 3.23. The van der Waals surface area contributed by atoms with Crippen molar-refractivity contribution in [3.8, 4) is 11.8 Å². The second-order valence-corrected chi connectivity index (χ2v) is 6.58. The second-order valence-electron chi connectivity index (χ2n) is 6.18. The fourth-order valence-electron chi connectivity index (χ4n) is 2.97. The molecule has 2 aliphatic heterocycles. The number of amides is 3. The molecule has 0 radical (unpaired) electrons. The lowest BCUT2D eigenvalue weighted by molar-refractivity contribution is -0.395. The molecule has 7 heteroatoms. The Bertz CT molecular complexity index is 1140. The van der Waals surface area contributed by atoms with Gasteiger partial charge < -0.3 is 0 Å². The van der Waals surface area contributed by atoms with Gasteiger partial charge in [-0.3, -0.25) is 4.79 Å². The van der Waals surface area contributed by atoms with Gasteiger partial charge in [-0.1, -0.05) is 46.6 Å². The standard InChI is InChI=1S/C21H14ClN4O2/c1-25-19-16(12-23-13-24-19)20(27)26(21(25)28)18-10-9-15(11-17(18)22)8-7-14-5-3-2-4-6-14/h2-6,9-13,16H,1H3/q+1. The van der Waals surface area contributed by atoms with Crippen LogP contribution in [0, 0.1) is 17.8 Å². The summed E-state index contributed by atoms with van der Waals surface area (Å²) < 4.78 is 1.33. The predicted octanol–water partition coefficient (Wildman–Crippen LogP) is 2.98. The predicted molar refractivity (Wildman–Crippen MR) is 108 cm³/mol. The first-order valence-corrected chi connectivity index (χ1v) is 8.85. The first-order chi connectivity index (χ1) is 13.6.